The number of carbonyl (C=O) groups is 2. The topological polar surface area (TPSA) is 75.9 Å². The van der Waals surface area contributed by atoms with Gasteiger partial charge in [-0.2, -0.15) is 0 Å². The number of ether oxygens (including phenoxy) is 1. The lowest BCUT2D eigenvalue weighted by atomic mass is 10.1. The molecule has 0 spiro atoms. The van der Waals surface area contributed by atoms with E-state index in [1.165, 1.54) is 23.1 Å². The summed E-state index contributed by atoms with van der Waals surface area (Å²) in [7, 11) is 1.69. The average molecular weight is 422 g/mol. The molecule has 0 radical (unpaired) electrons. The largest absolute Gasteiger partial charge is 0.457 e. The van der Waals surface area contributed by atoms with Crippen molar-refractivity contribution < 1.29 is 18.7 Å². The molecule has 3 rings (SSSR count). The molecule has 2 aromatic rings. The number of hydrogen-bond acceptors (Lipinski definition) is 4. The molecule has 0 bridgehead atoms. The maximum Gasteiger partial charge on any atom is 0.257 e. The summed E-state index contributed by atoms with van der Waals surface area (Å²) in [6.07, 6.45) is 0.775. The molecule has 156 valence electrons. The van der Waals surface area contributed by atoms with Crippen molar-refractivity contribution in [3.63, 3.8) is 0 Å². The molecule has 0 saturated carbocycles. The molecule has 1 aliphatic heterocycles. The Morgan fingerprint density at radius 2 is 1.83 bits per heavy atom. The predicted molar refractivity (Wildman–Crippen MR) is 111 cm³/mol. The first-order chi connectivity index (χ1) is 13.4. The van der Waals surface area contributed by atoms with Gasteiger partial charge >= 0.3 is 0 Å². The number of hydrogen-bond donors (Lipinski definition) is 1. The van der Waals surface area contributed by atoms with Crippen LogP contribution in [0.15, 0.2) is 42.5 Å². The second-order valence-corrected chi connectivity index (χ2v) is 6.86. The highest BCUT2D eigenvalue weighted by Gasteiger charge is 2.34. The van der Waals surface area contributed by atoms with E-state index in [1.807, 2.05) is 12.1 Å². The van der Waals surface area contributed by atoms with Gasteiger partial charge in [-0.15, -0.1) is 12.4 Å². The van der Waals surface area contributed by atoms with Gasteiger partial charge in [-0.05, 0) is 55.8 Å². The van der Waals surface area contributed by atoms with Crippen molar-refractivity contribution in [2.24, 2.45) is 5.73 Å². The van der Waals surface area contributed by atoms with Crippen LogP contribution in [0.2, 0.25) is 0 Å². The van der Waals surface area contributed by atoms with Crippen LogP contribution in [-0.4, -0.2) is 54.3 Å². The van der Waals surface area contributed by atoms with Crippen molar-refractivity contribution in [3.8, 4) is 11.5 Å². The Morgan fingerprint density at radius 3 is 2.48 bits per heavy atom. The summed E-state index contributed by atoms with van der Waals surface area (Å²) >= 11 is 0. The molecule has 8 heteroatoms. The predicted octanol–water partition coefficient (Wildman–Crippen LogP) is 2.84. The summed E-state index contributed by atoms with van der Waals surface area (Å²) in [5.74, 6) is -0.396. The summed E-state index contributed by atoms with van der Waals surface area (Å²) in [6.45, 7) is 2.99. The first-order valence-corrected chi connectivity index (χ1v) is 9.23. The van der Waals surface area contributed by atoms with Gasteiger partial charge in [0.2, 0.25) is 5.91 Å². The lowest BCUT2D eigenvalue weighted by Crippen LogP contribution is -2.56. The highest BCUT2D eigenvalue weighted by molar-refractivity contribution is 5.98. The van der Waals surface area contributed by atoms with Gasteiger partial charge in [0.1, 0.15) is 23.4 Å². The number of rotatable bonds is 5. The van der Waals surface area contributed by atoms with Crippen LogP contribution < -0.4 is 10.5 Å². The number of benzene rings is 2. The van der Waals surface area contributed by atoms with Crippen LogP contribution in [0.1, 0.15) is 22.8 Å². The minimum Gasteiger partial charge on any atom is -0.457 e. The van der Waals surface area contributed by atoms with Crippen LogP contribution in [0, 0.1) is 5.82 Å². The minimum atomic E-state index is -0.644. The SMILES string of the molecule is CC1C(=O)N(C)CCN1C(=O)c1cc(Oc2ccc(CCN)cc2)ccc1F.Cl. The zero-order valence-electron chi connectivity index (χ0n) is 16.4. The van der Waals surface area contributed by atoms with Gasteiger partial charge in [-0.1, -0.05) is 12.1 Å². The molecular weight excluding hydrogens is 397 g/mol. The fourth-order valence-electron chi connectivity index (χ4n) is 3.20. The smallest absolute Gasteiger partial charge is 0.257 e. The van der Waals surface area contributed by atoms with Gasteiger partial charge in [-0.3, -0.25) is 9.59 Å². The van der Waals surface area contributed by atoms with E-state index >= 15 is 0 Å². The highest BCUT2D eigenvalue weighted by atomic mass is 35.5. The van der Waals surface area contributed by atoms with E-state index in [-0.39, 0.29) is 23.9 Å². The molecule has 2 aromatic carbocycles. The minimum absolute atomic E-state index is 0. The number of likely N-dealkylation sites (N-methyl/N-ethyl adjacent to an activating group) is 1. The summed E-state index contributed by atoms with van der Waals surface area (Å²) < 4.78 is 20.1. The molecule has 1 heterocycles. The second-order valence-electron chi connectivity index (χ2n) is 6.86. The first-order valence-electron chi connectivity index (χ1n) is 9.23. The van der Waals surface area contributed by atoms with Crippen LogP contribution in [-0.2, 0) is 11.2 Å². The van der Waals surface area contributed by atoms with Gasteiger partial charge in [-0.25, -0.2) is 4.39 Å². The van der Waals surface area contributed by atoms with E-state index in [1.54, 1.807) is 31.0 Å². The van der Waals surface area contributed by atoms with Gasteiger partial charge in [0.25, 0.3) is 5.91 Å². The molecular formula is C21H25ClFN3O3. The van der Waals surface area contributed by atoms with Crippen molar-refractivity contribution in [1.29, 1.82) is 0 Å². The van der Waals surface area contributed by atoms with E-state index in [2.05, 4.69) is 0 Å². The lowest BCUT2D eigenvalue weighted by Gasteiger charge is -2.37. The third-order valence-electron chi connectivity index (χ3n) is 4.90. The van der Waals surface area contributed by atoms with E-state index in [9.17, 15) is 14.0 Å². The first kappa shape index (κ1) is 22.6. The summed E-state index contributed by atoms with van der Waals surface area (Å²) in [4.78, 5) is 28.0. The van der Waals surface area contributed by atoms with Crippen LogP contribution in [0.25, 0.3) is 0 Å². The van der Waals surface area contributed by atoms with Crippen molar-refractivity contribution in [2.45, 2.75) is 19.4 Å². The lowest BCUT2D eigenvalue weighted by molar-refractivity contribution is -0.137. The number of halogens is 2. The zero-order chi connectivity index (χ0) is 20.3. The van der Waals surface area contributed by atoms with Crippen LogP contribution >= 0.6 is 12.4 Å². The van der Waals surface area contributed by atoms with Crippen LogP contribution in [0.5, 0.6) is 11.5 Å². The summed E-state index contributed by atoms with van der Waals surface area (Å²) in [6, 6.07) is 10.8. The van der Waals surface area contributed by atoms with Gasteiger partial charge in [0, 0.05) is 20.1 Å². The number of nitrogens with two attached hydrogens (primary N) is 1. The Hall–Kier alpha value is -2.64. The average Bonchev–Trinajstić information content (AvgIpc) is 2.69. The number of nitrogens with zero attached hydrogens (tertiary/aromatic N) is 2. The van der Waals surface area contributed by atoms with E-state index < -0.39 is 17.8 Å². The van der Waals surface area contributed by atoms with E-state index in [4.69, 9.17) is 10.5 Å². The molecule has 0 aromatic heterocycles. The number of carbonyl (C=O) groups excluding carboxylic acids is 2. The molecule has 1 atom stereocenters. The quantitative estimate of drug-likeness (QED) is 0.805. The maximum absolute atomic E-state index is 14.3. The molecule has 0 aliphatic carbocycles. The van der Waals surface area contributed by atoms with E-state index in [0.29, 0.717) is 31.1 Å². The van der Waals surface area contributed by atoms with Crippen molar-refractivity contribution in [1.82, 2.24) is 9.80 Å². The summed E-state index contributed by atoms with van der Waals surface area (Å²) in [5, 5.41) is 0. The fourth-order valence-corrected chi connectivity index (χ4v) is 3.20. The maximum atomic E-state index is 14.3. The second kappa shape index (κ2) is 9.71. The number of piperazine rings is 1. The van der Waals surface area contributed by atoms with Crippen LogP contribution in [0.4, 0.5) is 4.39 Å². The Balaban J connectivity index is 0.00000300. The molecule has 2 amide bonds. The molecule has 1 saturated heterocycles. The van der Waals surface area contributed by atoms with Gasteiger partial charge in [0.15, 0.2) is 0 Å². The molecule has 1 unspecified atom stereocenters. The molecule has 1 aliphatic rings. The van der Waals surface area contributed by atoms with Crippen molar-refractivity contribution in [2.75, 3.05) is 26.7 Å². The Labute approximate surface area is 175 Å². The molecule has 1 fully saturated rings. The van der Waals surface area contributed by atoms with Crippen LogP contribution in [0.3, 0.4) is 0 Å². The normalized spacial score (nSPS) is 16.4. The Kier molecular flexibility index (Phi) is 7.59. The van der Waals surface area contributed by atoms with Crippen molar-refractivity contribution in [3.05, 3.63) is 59.4 Å². The van der Waals surface area contributed by atoms with Gasteiger partial charge in [0.05, 0.1) is 5.56 Å². The van der Waals surface area contributed by atoms with E-state index in [0.717, 1.165) is 12.0 Å². The Bertz CT molecular complexity index is 876. The third-order valence-corrected chi connectivity index (χ3v) is 4.90. The Morgan fingerprint density at radius 1 is 1.17 bits per heavy atom. The molecule has 6 nitrogen and oxygen atoms in total. The highest BCUT2D eigenvalue weighted by Crippen LogP contribution is 2.26. The monoisotopic (exact) mass is 421 g/mol. The summed E-state index contributed by atoms with van der Waals surface area (Å²) in [5.41, 5.74) is 6.53. The number of amides is 2. The van der Waals surface area contributed by atoms with Gasteiger partial charge < -0.3 is 20.3 Å². The molecule has 2 N–H and O–H groups in total. The fraction of sp³-hybridized carbons (Fsp3) is 0.333. The third kappa shape index (κ3) is 5.05. The standard InChI is InChI=1S/C21H24FN3O3.ClH/c1-14-20(26)24(2)11-12-25(14)21(27)18-13-17(7-8-19(18)22)28-16-5-3-15(4-6-16)9-10-23;/h3-8,13-14H,9-12,23H2,1-2H3;1H. The van der Waals surface area contributed by atoms with Crippen molar-refractivity contribution >= 4 is 24.2 Å². The molecule has 29 heavy (non-hydrogen) atoms. The zero-order valence-corrected chi connectivity index (χ0v) is 17.2.